The van der Waals surface area contributed by atoms with Crippen LogP contribution in [0.1, 0.15) is 38.3 Å². The third-order valence-corrected chi connectivity index (χ3v) is 9.88. The number of imide groups is 1. The first-order valence-corrected chi connectivity index (χ1v) is 17.4. The molecule has 0 saturated carbocycles. The predicted octanol–water partition coefficient (Wildman–Crippen LogP) is 2.82. The highest BCUT2D eigenvalue weighted by Crippen LogP contribution is 2.29. The van der Waals surface area contributed by atoms with Crippen LogP contribution in [0.25, 0.3) is 0 Å². The molecule has 13 nitrogen and oxygen atoms in total. The van der Waals surface area contributed by atoms with Crippen LogP contribution in [0.3, 0.4) is 0 Å². The molecule has 3 aromatic rings. The van der Waals surface area contributed by atoms with E-state index in [2.05, 4.69) is 17.0 Å². The van der Waals surface area contributed by atoms with Gasteiger partial charge in [-0.25, -0.2) is 17.9 Å². The van der Waals surface area contributed by atoms with E-state index in [1.54, 1.807) is 44.2 Å². The molecule has 1 heterocycles. The van der Waals surface area contributed by atoms with Crippen LogP contribution in [0.2, 0.25) is 0 Å². The second kappa shape index (κ2) is 17.0. The van der Waals surface area contributed by atoms with Crippen LogP contribution in [-0.4, -0.2) is 89.9 Å². The van der Waals surface area contributed by atoms with Crippen molar-refractivity contribution in [2.45, 2.75) is 69.4 Å². The number of urea groups is 1. The van der Waals surface area contributed by atoms with E-state index in [0.717, 1.165) is 24.2 Å². The van der Waals surface area contributed by atoms with E-state index < -0.39 is 46.2 Å². The van der Waals surface area contributed by atoms with E-state index >= 15 is 0 Å². The Labute approximate surface area is 294 Å². The number of benzene rings is 3. The number of quaternary nitrogens is 1. The molecule has 4 rings (SSSR count). The fraction of sp³-hybridized carbons (Fsp3) is 0.382. The smallest absolute Gasteiger partial charge is 0.430 e. The maximum absolute atomic E-state index is 13.9. The number of hydrogen-bond acceptors (Lipinski definition) is 9. The van der Waals surface area contributed by atoms with Crippen molar-refractivity contribution >= 4 is 33.6 Å². The van der Waals surface area contributed by atoms with Gasteiger partial charge in [0.15, 0.2) is 0 Å². The van der Waals surface area contributed by atoms with Gasteiger partial charge in [-0.05, 0) is 81.3 Å². The Hall–Kier alpha value is -4.71. The van der Waals surface area contributed by atoms with Crippen LogP contribution < -0.4 is 20.9 Å². The SMILES string of the molecule is CC[N+]1(Cc2cccc(O)c2)CC[C@H](N(C(=O)Nc2ccc(S(=O)(=O)NC(C)C)cc2)C(=O)[C@@H](N)Cc2ccc(O)cc2)C1.O=C([O-])C(F)(F)F. The van der Waals surface area contributed by atoms with Crippen molar-refractivity contribution < 1.29 is 55.8 Å². The molecule has 0 aromatic heterocycles. The largest absolute Gasteiger partial charge is 0.542 e. The molecule has 3 amide bonds. The van der Waals surface area contributed by atoms with E-state index in [-0.39, 0.29) is 28.9 Å². The number of halogens is 3. The minimum absolute atomic E-state index is 0.0563. The van der Waals surface area contributed by atoms with E-state index in [9.17, 15) is 41.4 Å². The van der Waals surface area contributed by atoms with Crippen molar-refractivity contribution in [3.8, 4) is 11.5 Å². The highest BCUT2D eigenvalue weighted by atomic mass is 32.2. The van der Waals surface area contributed by atoms with Gasteiger partial charge in [0.1, 0.15) is 30.6 Å². The summed E-state index contributed by atoms with van der Waals surface area (Å²) in [6.07, 6.45) is -4.46. The number of amides is 3. The number of rotatable bonds is 11. The summed E-state index contributed by atoms with van der Waals surface area (Å²) in [6, 6.07) is 16.9. The molecule has 1 fully saturated rings. The Morgan fingerprint density at radius 1 is 1.00 bits per heavy atom. The summed E-state index contributed by atoms with van der Waals surface area (Å²) >= 11 is 0. The van der Waals surface area contributed by atoms with Crippen molar-refractivity contribution in [3.63, 3.8) is 0 Å². The summed E-state index contributed by atoms with van der Waals surface area (Å²) < 4.78 is 59.8. The molecule has 3 atom stereocenters. The lowest BCUT2D eigenvalue weighted by molar-refractivity contribution is -0.928. The normalized spacial score (nSPS) is 18.0. The number of likely N-dealkylation sites (N-methyl/N-ethyl adjacent to an activating group) is 1. The Balaban J connectivity index is 0.000000908. The van der Waals surface area contributed by atoms with Crippen molar-refractivity contribution in [2.75, 3.05) is 25.0 Å². The molecule has 0 aliphatic carbocycles. The summed E-state index contributed by atoms with van der Waals surface area (Å²) in [5, 5.41) is 31.2. The fourth-order valence-corrected chi connectivity index (χ4v) is 6.98. The van der Waals surface area contributed by atoms with E-state index in [1.807, 2.05) is 6.07 Å². The number of likely N-dealkylation sites (tertiary alicyclic amines) is 1. The summed E-state index contributed by atoms with van der Waals surface area (Å²) in [6.45, 7) is 8.13. The molecule has 278 valence electrons. The lowest BCUT2D eigenvalue weighted by Crippen LogP contribution is -2.56. The molecular formula is C34H42F3N5O8S. The third-order valence-electron chi connectivity index (χ3n) is 8.20. The maximum Gasteiger partial charge on any atom is 0.430 e. The van der Waals surface area contributed by atoms with Crippen molar-refractivity contribution in [2.24, 2.45) is 5.73 Å². The topological polar surface area (TPSA) is 202 Å². The number of carbonyl (C=O) groups excluding carboxylic acids is 3. The number of nitrogens with zero attached hydrogens (tertiary/aromatic N) is 2. The quantitative estimate of drug-likeness (QED) is 0.184. The standard InChI is InChI=1S/C32H41N5O6S.C2HF3O2/c1-4-37(20-24-6-5-7-28(39)18-24)17-16-26(21-37)36(31(40)30(33)19-23-8-12-27(38)13-9-23)32(41)34-25-10-14-29(15-11-25)44(42,43)35-22(2)3;3-2(4,5)1(6)7/h5-15,18,22,26,30,35H,4,16-17,19-21,33H2,1-3H3,(H2-,34,38,39,41);(H,6,7)/t26-,30-,37?;/m0./s1. The molecule has 0 bridgehead atoms. The zero-order chi connectivity index (χ0) is 38.1. The number of sulfonamides is 1. The van der Waals surface area contributed by atoms with Gasteiger partial charge >= 0.3 is 12.2 Å². The zero-order valence-electron chi connectivity index (χ0n) is 28.3. The second-order valence-electron chi connectivity index (χ2n) is 12.5. The van der Waals surface area contributed by atoms with Gasteiger partial charge in [-0.1, -0.05) is 24.3 Å². The number of aromatic hydroxyl groups is 2. The average Bonchev–Trinajstić information content (AvgIpc) is 3.45. The minimum Gasteiger partial charge on any atom is -0.542 e. The molecule has 1 unspecified atom stereocenters. The number of nitrogens with one attached hydrogen (secondary N) is 2. The number of hydrogen-bond donors (Lipinski definition) is 5. The average molecular weight is 738 g/mol. The molecule has 3 aromatic carbocycles. The lowest BCUT2D eigenvalue weighted by atomic mass is 10.0. The van der Waals surface area contributed by atoms with Crippen LogP contribution in [0.4, 0.5) is 23.7 Å². The molecule has 17 heteroatoms. The van der Waals surface area contributed by atoms with E-state index in [0.29, 0.717) is 29.7 Å². The number of phenolic OH excluding ortho intramolecular Hbond substituents is 2. The first-order valence-electron chi connectivity index (χ1n) is 16.0. The highest BCUT2D eigenvalue weighted by Gasteiger charge is 2.44. The molecule has 0 radical (unpaired) electrons. The monoisotopic (exact) mass is 737 g/mol. The maximum atomic E-state index is 13.9. The Kier molecular flexibility index (Phi) is 13.6. The predicted molar refractivity (Wildman–Crippen MR) is 179 cm³/mol. The molecule has 1 aliphatic heterocycles. The number of carboxylic acid groups (broad SMARTS) is 1. The van der Waals surface area contributed by atoms with Gasteiger partial charge in [0.05, 0.1) is 30.1 Å². The van der Waals surface area contributed by atoms with Gasteiger partial charge in [-0.3, -0.25) is 9.69 Å². The number of aliphatic carboxylic acids is 1. The summed E-state index contributed by atoms with van der Waals surface area (Å²) in [7, 11) is -3.71. The Morgan fingerprint density at radius 3 is 2.14 bits per heavy atom. The van der Waals surface area contributed by atoms with Gasteiger partial charge < -0.3 is 35.6 Å². The van der Waals surface area contributed by atoms with Gasteiger partial charge in [0.2, 0.25) is 15.9 Å². The summed E-state index contributed by atoms with van der Waals surface area (Å²) in [5.41, 5.74) is 8.43. The molecule has 0 spiro atoms. The number of nitrogens with two attached hydrogens (primary N) is 1. The van der Waals surface area contributed by atoms with Crippen LogP contribution in [0.15, 0.2) is 77.7 Å². The van der Waals surface area contributed by atoms with Gasteiger partial charge in [-0.15, -0.1) is 0 Å². The molecule has 51 heavy (non-hydrogen) atoms. The number of alkyl halides is 3. The molecule has 6 N–H and O–H groups in total. The molecule has 1 saturated heterocycles. The number of carbonyl (C=O) groups is 3. The highest BCUT2D eigenvalue weighted by molar-refractivity contribution is 7.89. The van der Waals surface area contributed by atoms with Crippen LogP contribution >= 0.6 is 0 Å². The summed E-state index contributed by atoms with van der Waals surface area (Å²) in [5.74, 6) is -3.26. The van der Waals surface area contributed by atoms with E-state index in [4.69, 9.17) is 15.6 Å². The Morgan fingerprint density at radius 2 is 1.61 bits per heavy atom. The van der Waals surface area contributed by atoms with Crippen molar-refractivity contribution in [3.05, 3.63) is 83.9 Å². The minimum atomic E-state index is -5.19. The number of anilines is 1. The zero-order valence-corrected chi connectivity index (χ0v) is 29.1. The van der Waals surface area contributed by atoms with Gasteiger partial charge in [0.25, 0.3) is 0 Å². The lowest BCUT2D eigenvalue weighted by Gasteiger charge is -2.35. The van der Waals surface area contributed by atoms with Crippen LogP contribution in [0.5, 0.6) is 11.5 Å². The number of carboxylic acids is 1. The first-order chi connectivity index (χ1) is 23.7. The number of phenols is 2. The van der Waals surface area contributed by atoms with Crippen LogP contribution in [-0.2, 0) is 32.6 Å². The van der Waals surface area contributed by atoms with Gasteiger partial charge in [0, 0.05) is 23.7 Å². The molecule has 1 aliphatic rings. The van der Waals surface area contributed by atoms with E-state index in [1.165, 1.54) is 41.3 Å². The first kappa shape index (κ1) is 40.7. The second-order valence-corrected chi connectivity index (χ2v) is 14.2. The Bertz CT molecular complexity index is 1770. The van der Waals surface area contributed by atoms with Crippen molar-refractivity contribution in [1.82, 2.24) is 9.62 Å². The third kappa shape index (κ3) is 11.7. The van der Waals surface area contributed by atoms with Crippen LogP contribution in [0, 0.1) is 0 Å². The fourth-order valence-electron chi connectivity index (χ4n) is 5.73. The van der Waals surface area contributed by atoms with Gasteiger partial charge in [-0.2, -0.15) is 13.2 Å². The van der Waals surface area contributed by atoms with Crippen molar-refractivity contribution in [1.29, 1.82) is 0 Å². The molecular weight excluding hydrogens is 695 g/mol. The summed E-state index contributed by atoms with van der Waals surface area (Å²) in [4.78, 5) is 37.8.